The third kappa shape index (κ3) is 3.52. The number of aromatic nitrogens is 1. The van der Waals surface area contributed by atoms with E-state index in [9.17, 15) is 13.2 Å². The maximum atomic E-state index is 12.9. The van der Waals surface area contributed by atoms with Crippen LogP contribution in [0.5, 0.6) is 0 Å². The number of nitrogens with zero attached hydrogens (tertiary/aromatic N) is 2. The molecular weight excluding hydrogens is 255 g/mol. The Morgan fingerprint density at radius 3 is 2.53 bits per heavy atom. The Morgan fingerprint density at radius 2 is 2.05 bits per heavy atom. The van der Waals surface area contributed by atoms with Gasteiger partial charge in [-0.1, -0.05) is 0 Å². The summed E-state index contributed by atoms with van der Waals surface area (Å²) >= 11 is 0. The summed E-state index contributed by atoms with van der Waals surface area (Å²) < 4.78 is 38.6. The van der Waals surface area contributed by atoms with E-state index in [1.165, 1.54) is 0 Å². The molecule has 1 aliphatic carbocycles. The predicted molar refractivity (Wildman–Crippen MR) is 69.4 cm³/mol. The Hall–Kier alpha value is -1.46. The third-order valence-corrected chi connectivity index (χ3v) is 3.28. The van der Waals surface area contributed by atoms with Crippen LogP contribution in [0, 0.1) is 5.92 Å². The molecule has 0 radical (unpaired) electrons. The highest BCUT2D eigenvalue weighted by atomic mass is 19.4. The molecule has 1 fully saturated rings. The minimum Gasteiger partial charge on any atom is -0.373 e. The SMILES string of the molecule is CCN(CC1CC1)c1cc(C(F)(F)F)cc(NC)n1. The van der Waals surface area contributed by atoms with Gasteiger partial charge in [-0.3, -0.25) is 0 Å². The van der Waals surface area contributed by atoms with Crippen molar-refractivity contribution >= 4 is 11.6 Å². The van der Waals surface area contributed by atoms with Crippen LogP contribution >= 0.6 is 0 Å². The Labute approximate surface area is 110 Å². The lowest BCUT2D eigenvalue weighted by molar-refractivity contribution is -0.137. The first kappa shape index (κ1) is 14.0. The number of alkyl halides is 3. The normalized spacial score (nSPS) is 15.4. The average Bonchev–Trinajstić information content (AvgIpc) is 3.18. The van der Waals surface area contributed by atoms with E-state index in [-0.39, 0.29) is 5.82 Å². The fraction of sp³-hybridized carbons (Fsp3) is 0.615. The number of rotatable bonds is 5. The maximum absolute atomic E-state index is 12.9. The van der Waals surface area contributed by atoms with Crippen molar-refractivity contribution < 1.29 is 13.2 Å². The van der Waals surface area contributed by atoms with Crippen molar-refractivity contribution in [2.24, 2.45) is 5.92 Å². The maximum Gasteiger partial charge on any atom is 0.416 e. The zero-order chi connectivity index (χ0) is 14.0. The van der Waals surface area contributed by atoms with Crippen molar-refractivity contribution in [3.05, 3.63) is 17.7 Å². The van der Waals surface area contributed by atoms with E-state index in [2.05, 4.69) is 10.3 Å². The highest BCUT2D eigenvalue weighted by Gasteiger charge is 2.32. The van der Waals surface area contributed by atoms with E-state index >= 15 is 0 Å². The molecule has 19 heavy (non-hydrogen) atoms. The highest BCUT2D eigenvalue weighted by molar-refractivity contribution is 5.51. The molecule has 0 bridgehead atoms. The molecule has 0 unspecified atom stereocenters. The minimum atomic E-state index is -4.34. The third-order valence-electron chi connectivity index (χ3n) is 3.28. The highest BCUT2D eigenvalue weighted by Crippen LogP contribution is 2.35. The second-order valence-corrected chi connectivity index (χ2v) is 4.83. The molecule has 0 aliphatic heterocycles. The van der Waals surface area contributed by atoms with Crippen LogP contribution in [0.4, 0.5) is 24.8 Å². The molecule has 1 aromatic rings. The van der Waals surface area contributed by atoms with Crippen LogP contribution in [0.2, 0.25) is 0 Å². The molecule has 0 atom stereocenters. The molecule has 0 saturated heterocycles. The van der Waals surface area contributed by atoms with Crippen LogP contribution in [-0.2, 0) is 6.18 Å². The van der Waals surface area contributed by atoms with E-state index < -0.39 is 11.7 Å². The van der Waals surface area contributed by atoms with E-state index in [1.54, 1.807) is 7.05 Å². The molecule has 1 N–H and O–H groups in total. The van der Waals surface area contributed by atoms with Gasteiger partial charge in [0.15, 0.2) is 0 Å². The molecule has 1 aromatic heterocycles. The number of nitrogens with one attached hydrogen (secondary N) is 1. The first-order valence-corrected chi connectivity index (χ1v) is 6.46. The zero-order valence-corrected chi connectivity index (χ0v) is 11.1. The van der Waals surface area contributed by atoms with Crippen LogP contribution in [0.15, 0.2) is 12.1 Å². The number of pyridine rings is 1. The summed E-state index contributed by atoms with van der Waals surface area (Å²) in [7, 11) is 1.57. The number of halogens is 3. The van der Waals surface area contributed by atoms with Crippen molar-refractivity contribution in [1.29, 1.82) is 0 Å². The number of hydrogen-bond acceptors (Lipinski definition) is 3. The standard InChI is InChI=1S/C13H18F3N3/c1-3-19(8-9-4-5-9)12-7-10(13(14,15)16)6-11(17-2)18-12/h6-7,9H,3-5,8H2,1-2H3,(H,17,18). The molecule has 1 saturated carbocycles. The van der Waals surface area contributed by atoms with Gasteiger partial charge in [-0.25, -0.2) is 4.98 Å². The van der Waals surface area contributed by atoms with Crippen molar-refractivity contribution in [3.63, 3.8) is 0 Å². The fourth-order valence-corrected chi connectivity index (χ4v) is 1.97. The van der Waals surface area contributed by atoms with E-state index in [0.29, 0.717) is 18.3 Å². The Kier molecular flexibility index (Phi) is 3.87. The molecule has 0 aromatic carbocycles. The quantitative estimate of drug-likeness (QED) is 0.891. The summed E-state index contributed by atoms with van der Waals surface area (Å²) in [6, 6.07) is 2.17. The lowest BCUT2D eigenvalue weighted by Crippen LogP contribution is -2.27. The van der Waals surface area contributed by atoms with Crippen molar-refractivity contribution in [1.82, 2.24) is 4.98 Å². The Morgan fingerprint density at radius 1 is 1.37 bits per heavy atom. The van der Waals surface area contributed by atoms with Gasteiger partial charge in [-0.15, -0.1) is 0 Å². The van der Waals surface area contributed by atoms with Gasteiger partial charge in [0.1, 0.15) is 11.6 Å². The largest absolute Gasteiger partial charge is 0.416 e. The van der Waals surface area contributed by atoms with E-state index in [1.807, 2.05) is 11.8 Å². The summed E-state index contributed by atoms with van der Waals surface area (Å²) in [5, 5.41) is 2.69. The summed E-state index contributed by atoms with van der Waals surface area (Å²) in [6.07, 6.45) is -2.02. The molecule has 2 rings (SSSR count). The van der Waals surface area contributed by atoms with Crippen LogP contribution in [0.3, 0.4) is 0 Å². The van der Waals surface area contributed by atoms with Crippen molar-refractivity contribution in [2.75, 3.05) is 30.4 Å². The van der Waals surface area contributed by atoms with Crippen molar-refractivity contribution in [2.45, 2.75) is 25.9 Å². The summed E-state index contributed by atoms with van der Waals surface area (Å²) in [4.78, 5) is 6.14. The van der Waals surface area contributed by atoms with Gasteiger partial charge in [0.05, 0.1) is 5.56 Å². The molecule has 0 spiro atoms. The average molecular weight is 273 g/mol. The molecule has 6 heteroatoms. The lowest BCUT2D eigenvalue weighted by atomic mass is 10.2. The Bertz CT molecular complexity index is 441. The molecular formula is C13H18F3N3. The molecule has 3 nitrogen and oxygen atoms in total. The first-order valence-electron chi connectivity index (χ1n) is 6.46. The molecule has 0 amide bonds. The number of hydrogen-bond donors (Lipinski definition) is 1. The minimum absolute atomic E-state index is 0.249. The summed E-state index contributed by atoms with van der Waals surface area (Å²) in [6.45, 7) is 3.38. The second-order valence-electron chi connectivity index (χ2n) is 4.83. The second kappa shape index (κ2) is 5.27. The molecule has 1 heterocycles. The summed E-state index contributed by atoms with van der Waals surface area (Å²) in [5.74, 6) is 1.25. The van der Waals surface area contributed by atoms with Crippen LogP contribution in [0.25, 0.3) is 0 Å². The smallest absolute Gasteiger partial charge is 0.373 e. The van der Waals surface area contributed by atoms with Crippen LogP contribution in [-0.4, -0.2) is 25.1 Å². The van der Waals surface area contributed by atoms with Crippen LogP contribution < -0.4 is 10.2 Å². The molecule has 106 valence electrons. The van der Waals surface area contributed by atoms with E-state index in [4.69, 9.17) is 0 Å². The van der Waals surface area contributed by atoms with Gasteiger partial charge in [-0.2, -0.15) is 13.2 Å². The van der Waals surface area contributed by atoms with Crippen LogP contribution in [0.1, 0.15) is 25.3 Å². The van der Waals surface area contributed by atoms with Gasteiger partial charge in [0, 0.05) is 20.1 Å². The predicted octanol–water partition coefficient (Wildman–Crippen LogP) is 3.38. The van der Waals surface area contributed by atoms with Crippen molar-refractivity contribution in [3.8, 4) is 0 Å². The van der Waals surface area contributed by atoms with Gasteiger partial charge in [0.25, 0.3) is 0 Å². The monoisotopic (exact) mass is 273 g/mol. The lowest BCUT2D eigenvalue weighted by Gasteiger charge is -2.23. The first-order chi connectivity index (χ1) is 8.94. The van der Waals surface area contributed by atoms with Gasteiger partial charge in [-0.05, 0) is 37.8 Å². The van der Waals surface area contributed by atoms with Gasteiger partial charge < -0.3 is 10.2 Å². The van der Waals surface area contributed by atoms with Gasteiger partial charge in [0.2, 0.25) is 0 Å². The fourth-order valence-electron chi connectivity index (χ4n) is 1.97. The van der Waals surface area contributed by atoms with Gasteiger partial charge >= 0.3 is 6.18 Å². The zero-order valence-electron chi connectivity index (χ0n) is 11.1. The molecule has 1 aliphatic rings. The topological polar surface area (TPSA) is 28.2 Å². The summed E-state index contributed by atoms with van der Waals surface area (Å²) in [5.41, 5.74) is -0.656. The Balaban J connectivity index is 2.31. The van der Waals surface area contributed by atoms with E-state index in [0.717, 1.165) is 31.5 Å². The number of anilines is 2.